The lowest BCUT2D eigenvalue weighted by Crippen LogP contribution is -2.45. The first-order chi connectivity index (χ1) is 8.24. The molecule has 1 aromatic rings. The average Bonchev–Trinajstić information content (AvgIpc) is 2.30. The summed E-state index contributed by atoms with van der Waals surface area (Å²) in [5.74, 6) is 0.258. The van der Waals surface area contributed by atoms with Crippen LogP contribution in [-0.2, 0) is 11.2 Å². The van der Waals surface area contributed by atoms with Crippen LogP contribution >= 0.6 is 11.6 Å². The van der Waals surface area contributed by atoms with Gasteiger partial charge in [-0.3, -0.25) is 9.69 Å². The number of ketones is 1. The summed E-state index contributed by atoms with van der Waals surface area (Å²) in [6.45, 7) is 4.42. The molecule has 2 rings (SSSR count). The van der Waals surface area contributed by atoms with Crippen molar-refractivity contribution < 1.29 is 4.79 Å². The molecule has 0 aromatic heterocycles. The van der Waals surface area contributed by atoms with E-state index >= 15 is 0 Å². The van der Waals surface area contributed by atoms with E-state index in [0.717, 1.165) is 31.7 Å². The molecule has 0 atom stereocenters. The molecule has 0 unspecified atom stereocenters. The number of halogens is 1. The monoisotopic (exact) mass is 252 g/mol. The Bertz CT molecular complexity index is 389. The predicted octanol–water partition coefficient (Wildman–Crippen LogP) is 1.36. The normalized spacial score (nSPS) is 17.0. The lowest BCUT2D eigenvalue weighted by atomic mass is 10.1. The molecule has 1 aliphatic rings. The summed E-state index contributed by atoms with van der Waals surface area (Å²) in [5, 5.41) is 3.97. The number of carbonyl (C=O) groups excluding carboxylic acids is 1. The second kappa shape index (κ2) is 6.15. The van der Waals surface area contributed by atoms with Crippen molar-refractivity contribution in [3.05, 3.63) is 34.9 Å². The van der Waals surface area contributed by atoms with Crippen LogP contribution in [0.25, 0.3) is 0 Å². The third-order valence-corrected chi connectivity index (χ3v) is 3.13. The largest absolute Gasteiger partial charge is 0.314 e. The molecule has 0 saturated carbocycles. The van der Waals surface area contributed by atoms with Gasteiger partial charge >= 0.3 is 0 Å². The predicted molar refractivity (Wildman–Crippen MR) is 69.5 cm³/mol. The molecule has 0 amide bonds. The van der Waals surface area contributed by atoms with Crippen LogP contribution in [0.5, 0.6) is 0 Å². The van der Waals surface area contributed by atoms with E-state index in [1.54, 1.807) is 0 Å². The smallest absolute Gasteiger partial charge is 0.151 e. The summed E-state index contributed by atoms with van der Waals surface area (Å²) in [6.07, 6.45) is 0.477. The molecule has 1 N–H and O–H groups in total. The highest BCUT2D eigenvalue weighted by Crippen LogP contribution is 2.11. The van der Waals surface area contributed by atoms with Crippen molar-refractivity contribution in [2.75, 3.05) is 32.7 Å². The fourth-order valence-electron chi connectivity index (χ4n) is 2.05. The Morgan fingerprint density at radius 3 is 2.82 bits per heavy atom. The summed E-state index contributed by atoms with van der Waals surface area (Å²) in [6, 6.07) is 7.51. The minimum absolute atomic E-state index is 0.258. The summed E-state index contributed by atoms with van der Waals surface area (Å²) >= 11 is 5.89. The lowest BCUT2D eigenvalue weighted by molar-refractivity contribution is -0.119. The van der Waals surface area contributed by atoms with Crippen LogP contribution in [0, 0.1) is 0 Å². The van der Waals surface area contributed by atoms with Crippen LogP contribution in [-0.4, -0.2) is 43.4 Å². The maximum absolute atomic E-state index is 11.9. The first-order valence-corrected chi connectivity index (χ1v) is 6.31. The van der Waals surface area contributed by atoms with Gasteiger partial charge in [0, 0.05) is 37.6 Å². The minimum Gasteiger partial charge on any atom is -0.314 e. The zero-order chi connectivity index (χ0) is 12.1. The van der Waals surface area contributed by atoms with E-state index in [2.05, 4.69) is 10.2 Å². The van der Waals surface area contributed by atoms with Crippen molar-refractivity contribution in [2.45, 2.75) is 6.42 Å². The topological polar surface area (TPSA) is 32.3 Å². The number of piperazine rings is 1. The standard InChI is InChI=1S/C13H17ClN2O/c14-12-3-1-2-11(8-12)9-13(17)10-16-6-4-15-5-7-16/h1-3,8,15H,4-7,9-10H2. The van der Waals surface area contributed by atoms with Gasteiger partial charge in [-0.15, -0.1) is 0 Å². The van der Waals surface area contributed by atoms with Crippen LogP contribution in [0.1, 0.15) is 5.56 Å². The molecule has 17 heavy (non-hydrogen) atoms. The van der Waals surface area contributed by atoms with Gasteiger partial charge in [-0.05, 0) is 17.7 Å². The van der Waals surface area contributed by atoms with Crippen LogP contribution in [0.2, 0.25) is 5.02 Å². The highest BCUT2D eigenvalue weighted by molar-refractivity contribution is 6.30. The van der Waals surface area contributed by atoms with Crippen molar-refractivity contribution in [1.82, 2.24) is 10.2 Å². The van der Waals surface area contributed by atoms with Gasteiger partial charge in [0.15, 0.2) is 5.78 Å². The number of nitrogens with one attached hydrogen (secondary N) is 1. The van der Waals surface area contributed by atoms with Crippen molar-refractivity contribution in [3.63, 3.8) is 0 Å². The molecular weight excluding hydrogens is 236 g/mol. The number of carbonyl (C=O) groups is 1. The van der Waals surface area contributed by atoms with E-state index in [4.69, 9.17) is 11.6 Å². The van der Waals surface area contributed by atoms with Crippen molar-refractivity contribution >= 4 is 17.4 Å². The fourth-order valence-corrected chi connectivity index (χ4v) is 2.26. The van der Waals surface area contributed by atoms with Crippen LogP contribution in [0.15, 0.2) is 24.3 Å². The van der Waals surface area contributed by atoms with Gasteiger partial charge in [0.05, 0.1) is 6.54 Å². The molecule has 0 aliphatic carbocycles. The summed E-state index contributed by atoms with van der Waals surface area (Å²) in [5.41, 5.74) is 0.998. The highest BCUT2D eigenvalue weighted by Gasteiger charge is 2.13. The minimum atomic E-state index is 0.258. The fraction of sp³-hybridized carbons (Fsp3) is 0.462. The number of hydrogen-bond acceptors (Lipinski definition) is 3. The van der Waals surface area contributed by atoms with Gasteiger partial charge < -0.3 is 5.32 Å². The molecule has 1 saturated heterocycles. The van der Waals surface area contributed by atoms with Gasteiger partial charge in [-0.1, -0.05) is 23.7 Å². The van der Waals surface area contributed by atoms with E-state index in [1.165, 1.54) is 0 Å². The number of nitrogens with zero attached hydrogens (tertiary/aromatic N) is 1. The van der Waals surface area contributed by atoms with Crippen LogP contribution in [0.3, 0.4) is 0 Å². The van der Waals surface area contributed by atoms with Crippen molar-refractivity contribution in [2.24, 2.45) is 0 Å². The highest BCUT2D eigenvalue weighted by atomic mass is 35.5. The van der Waals surface area contributed by atoms with E-state index in [9.17, 15) is 4.79 Å². The maximum atomic E-state index is 11.9. The maximum Gasteiger partial charge on any atom is 0.151 e. The Kier molecular flexibility index (Phi) is 4.54. The Labute approximate surface area is 107 Å². The molecule has 3 nitrogen and oxygen atoms in total. The third-order valence-electron chi connectivity index (χ3n) is 2.90. The molecule has 1 aromatic carbocycles. The van der Waals surface area contributed by atoms with Gasteiger partial charge in [0.25, 0.3) is 0 Å². The second-order valence-electron chi connectivity index (χ2n) is 4.37. The molecule has 1 heterocycles. The first-order valence-electron chi connectivity index (χ1n) is 5.93. The lowest BCUT2D eigenvalue weighted by Gasteiger charge is -2.26. The Hall–Kier alpha value is -0.900. The quantitative estimate of drug-likeness (QED) is 0.878. The zero-order valence-electron chi connectivity index (χ0n) is 9.79. The average molecular weight is 253 g/mol. The van der Waals surface area contributed by atoms with Crippen LogP contribution < -0.4 is 5.32 Å². The molecule has 92 valence electrons. The number of benzene rings is 1. The molecule has 1 aliphatic heterocycles. The molecule has 1 fully saturated rings. The van der Waals surface area contributed by atoms with E-state index < -0.39 is 0 Å². The molecule has 0 radical (unpaired) electrons. The Balaban J connectivity index is 1.84. The van der Waals surface area contributed by atoms with Gasteiger partial charge in [0.1, 0.15) is 0 Å². The van der Waals surface area contributed by atoms with E-state index in [0.29, 0.717) is 18.0 Å². The summed E-state index contributed by atoms with van der Waals surface area (Å²) in [4.78, 5) is 14.1. The zero-order valence-corrected chi connectivity index (χ0v) is 10.5. The molecule has 0 spiro atoms. The molecular formula is C13H17ClN2O. The molecule has 4 heteroatoms. The Morgan fingerprint density at radius 1 is 1.35 bits per heavy atom. The molecule has 0 bridgehead atoms. The number of rotatable bonds is 4. The summed E-state index contributed by atoms with van der Waals surface area (Å²) in [7, 11) is 0. The first kappa shape index (κ1) is 12.6. The van der Waals surface area contributed by atoms with Crippen molar-refractivity contribution in [3.8, 4) is 0 Å². The third kappa shape index (κ3) is 4.11. The summed E-state index contributed by atoms with van der Waals surface area (Å²) < 4.78 is 0. The Morgan fingerprint density at radius 2 is 2.12 bits per heavy atom. The second-order valence-corrected chi connectivity index (χ2v) is 4.81. The van der Waals surface area contributed by atoms with Gasteiger partial charge in [-0.25, -0.2) is 0 Å². The van der Waals surface area contributed by atoms with E-state index in [1.807, 2.05) is 24.3 Å². The SMILES string of the molecule is O=C(Cc1cccc(Cl)c1)CN1CCNCC1. The van der Waals surface area contributed by atoms with Gasteiger partial charge in [-0.2, -0.15) is 0 Å². The van der Waals surface area contributed by atoms with Crippen molar-refractivity contribution in [1.29, 1.82) is 0 Å². The van der Waals surface area contributed by atoms with Crippen LogP contribution in [0.4, 0.5) is 0 Å². The number of hydrogen-bond donors (Lipinski definition) is 1. The van der Waals surface area contributed by atoms with E-state index in [-0.39, 0.29) is 5.78 Å². The van der Waals surface area contributed by atoms with Gasteiger partial charge in [0.2, 0.25) is 0 Å². The number of Topliss-reactive ketones (excluding diaryl/α,β-unsaturated/α-hetero) is 1.